The predicted molar refractivity (Wildman–Crippen MR) is 92.2 cm³/mol. The van der Waals surface area contributed by atoms with Crippen LogP contribution in [0.25, 0.3) is 32.7 Å². The van der Waals surface area contributed by atoms with Gasteiger partial charge < -0.3 is 12.4 Å². The van der Waals surface area contributed by atoms with E-state index in [1.54, 1.807) is 18.3 Å². The Labute approximate surface area is 161 Å². The number of imide groups is 1. The molecule has 0 radical (unpaired) electrons. The Balaban J connectivity index is 0.000000589. The minimum absolute atomic E-state index is 0. The fraction of sp³-hybridized carbons (Fsp3) is 0. The first-order chi connectivity index (χ1) is 11.8. The fourth-order valence-corrected chi connectivity index (χ4v) is 3.26. The zero-order valence-electron chi connectivity index (χ0n) is 13.5. The molecule has 0 saturated heterocycles. The van der Waals surface area contributed by atoms with Crippen molar-refractivity contribution >= 4 is 44.5 Å². The number of carbonyl (C=O) groups excluding carboxylic acids is 2. The number of hydrogen-bond acceptors (Lipinski definition) is 3. The SMILES string of the molecule is O=C1NC(=O)c2c1c1cccnc1c1[n-]c3ccccc3c21.[C-]#[O+].[CH3-].[Ru+2]. The summed E-state index contributed by atoms with van der Waals surface area (Å²) in [5.41, 5.74) is 2.93. The van der Waals surface area contributed by atoms with Gasteiger partial charge in [0.05, 0.1) is 16.6 Å². The Kier molecular flexibility index (Phi) is 5.38. The van der Waals surface area contributed by atoms with Gasteiger partial charge in [0.1, 0.15) is 0 Å². The van der Waals surface area contributed by atoms with E-state index in [1.807, 2.05) is 24.3 Å². The molecule has 0 atom stereocenters. The molecule has 128 valence electrons. The molecule has 0 saturated carbocycles. The van der Waals surface area contributed by atoms with Gasteiger partial charge in [-0.2, -0.15) is 0 Å². The molecule has 2 amide bonds. The summed E-state index contributed by atoms with van der Waals surface area (Å²) in [6.07, 6.45) is 1.67. The number of fused-ring (bicyclic) bond motifs is 8. The minimum Gasteiger partial charge on any atom is -0.358 e. The van der Waals surface area contributed by atoms with Crippen molar-refractivity contribution in [2.75, 3.05) is 0 Å². The van der Waals surface area contributed by atoms with Gasteiger partial charge in [-0.1, -0.05) is 30.3 Å². The molecule has 0 spiro atoms. The minimum atomic E-state index is -0.370. The molecule has 1 aliphatic heterocycles. The van der Waals surface area contributed by atoms with Gasteiger partial charge >= 0.3 is 30.8 Å². The molecule has 3 heterocycles. The zero-order valence-corrected chi connectivity index (χ0v) is 15.3. The van der Waals surface area contributed by atoms with Crippen LogP contribution in [0.5, 0.6) is 0 Å². The van der Waals surface area contributed by atoms with E-state index >= 15 is 0 Å². The normalized spacial score (nSPS) is 11.9. The van der Waals surface area contributed by atoms with Crippen molar-refractivity contribution in [2.45, 2.75) is 0 Å². The van der Waals surface area contributed by atoms with Crippen molar-refractivity contribution < 1.29 is 33.7 Å². The van der Waals surface area contributed by atoms with Crippen LogP contribution in [-0.4, -0.2) is 16.8 Å². The van der Waals surface area contributed by atoms with Crippen LogP contribution in [0.3, 0.4) is 0 Å². The number of pyridine rings is 1. The smallest absolute Gasteiger partial charge is 0.358 e. The summed E-state index contributed by atoms with van der Waals surface area (Å²) in [7, 11) is 0. The van der Waals surface area contributed by atoms with E-state index in [1.165, 1.54) is 0 Å². The van der Waals surface area contributed by atoms with Crippen molar-refractivity contribution in [1.82, 2.24) is 15.3 Å². The number of nitrogens with zero attached hydrogens (tertiary/aromatic N) is 2. The number of rotatable bonds is 0. The van der Waals surface area contributed by atoms with Gasteiger partial charge in [-0.15, -0.1) is 11.0 Å². The van der Waals surface area contributed by atoms with Crippen LogP contribution < -0.4 is 10.3 Å². The summed E-state index contributed by atoms with van der Waals surface area (Å²) in [4.78, 5) is 33.5. The van der Waals surface area contributed by atoms with Crippen molar-refractivity contribution in [3.05, 3.63) is 67.8 Å². The maximum atomic E-state index is 12.3. The maximum absolute atomic E-state index is 12.3. The second-order valence-corrected chi connectivity index (χ2v) is 5.29. The second-order valence-electron chi connectivity index (χ2n) is 5.29. The molecular formula is C19H11N3O3Ru. The van der Waals surface area contributed by atoms with Gasteiger partial charge in [0.15, 0.2) is 0 Å². The zero-order chi connectivity index (χ0) is 16.8. The predicted octanol–water partition coefficient (Wildman–Crippen LogP) is 2.79. The first-order valence-corrected chi connectivity index (χ1v) is 7.07. The number of carbonyl (C=O) groups is 2. The third-order valence-corrected chi connectivity index (χ3v) is 4.12. The van der Waals surface area contributed by atoms with E-state index in [2.05, 4.69) is 21.9 Å². The van der Waals surface area contributed by atoms with Gasteiger partial charge in [-0.05, 0) is 16.8 Å². The number of nitrogens with one attached hydrogen (secondary N) is 1. The van der Waals surface area contributed by atoms with Crippen molar-refractivity contribution in [1.29, 1.82) is 0 Å². The van der Waals surface area contributed by atoms with E-state index < -0.39 is 0 Å². The average Bonchev–Trinajstić information content (AvgIpc) is 3.14. The van der Waals surface area contributed by atoms with Crippen molar-refractivity contribution in [3.8, 4) is 0 Å². The molecule has 2 aromatic heterocycles. The van der Waals surface area contributed by atoms with Crippen LogP contribution in [-0.2, 0) is 24.1 Å². The Hall–Kier alpha value is -2.85. The van der Waals surface area contributed by atoms with Gasteiger partial charge in [-0.3, -0.25) is 19.9 Å². The Morgan fingerprint density at radius 3 is 2.38 bits per heavy atom. The molecule has 0 unspecified atom stereocenters. The Morgan fingerprint density at radius 2 is 1.62 bits per heavy atom. The molecule has 5 rings (SSSR count). The second kappa shape index (κ2) is 7.18. The van der Waals surface area contributed by atoms with Gasteiger partial charge in [0.2, 0.25) is 0 Å². The molecule has 0 aliphatic carbocycles. The Bertz CT molecular complexity index is 1190. The molecule has 1 N–H and O–H groups in total. The maximum Gasteiger partial charge on any atom is 2.00 e. The average molecular weight is 430 g/mol. The van der Waals surface area contributed by atoms with E-state index in [-0.39, 0.29) is 38.7 Å². The number of aromatic nitrogens is 2. The summed E-state index contributed by atoms with van der Waals surface area (Å²) >= 11 is 0. The first-order valence-electron chi connectivity index (χ1n) is 7.07. The molecule has 2 aromatic carbocycles. The third-order valence-electron chi connectivity index (χ3n) is 4.12. The molecule has 0 fully saturated rings. The Morgan fingerprint density at radius 1 is 0.962 bits per heavy atom. The third kappa shape index (κ3) is 2.46. The first kappa shape index (κ1) is 19.5. The number of para-hydroxylation sites is 1. The number of benzene rings is 2. The largest absolute Gasteiger partial charge is 2.00 e. The summed E-state index contributed by atoms with van der Waals surface area (Å²) in [6, 6.07) is 11.2. The standard InChI is InChI=1S/C17H9N3O2.CO.CH3.Ru/c21-16-12-9-5-3-7-18-14(9)15-11(13(12)17(22)20-16)8-4-1-2-6-10(8)19-15;1-2;;/h1-7H,(H2,18,19,20,21,22);;1H3;/q;;-1;+2/p-1. The van der Waals surface area contributed by atoms with Crippen LogP contribution >= 0.6 is 0 Å². The molecule has 6 nitrogen and oxygen atoms in total. The van der Waals surface area contributed by atoms with Gasteiger partial charge in [-0.25, -0.2) is 0 Å². The van der Waals surface area contributed by atoms with E-state index in [9.17, 15) is 9.59 Å². The summed E-state index contributed by atoms with van der Waals surface area (Å²) in [6.45, 7) is 4.50. The fourth-order valence-electron chi connectivity index (χ4n) is 3.26. The molecule has 26 heavy (non-hydrogen) atoms. The van der Waals surface area contributed by atoms with Gasteiger partial charge in [0, 0.05) is 11.6 Å². The quantitative estimate of drug-likeness (QED) is 0.201. The van der Waals surface area contributed by atoms with Crippen LogP contribution in [0.2, 0.25) is 0 Å². The van der Waals surface area contributed by atoms with Crippen molar-refractivity contribution in [2.24, 2.45) is 0 Å². The monoisotopic (exact) mass is 431 g/mol. The van der Waals surface area contributed by atoms with Crippen LogP contribution in [0.4, 0.5) is 0 Å². The van der Waals surface area contributed by atoms with Crippen LogP contribution in [0.15, 0.2) is 42.6 Å². The molecule has 0 bridgehead atoms. The molecular weight excluding hydrogens is 419 g/mol. The van der Waals surface area contributed by atoms with E-state index in [4.69, 9.17) is 4.65 Å². The summed E-state index contributed by atoms with van der Waals surface area (Å²) in [5, 5.41) is 4.63. The van der Waals surface area contributed by atoms with E-state index in [0.29, 0.717) is 32.9 Å². The van der Waals surface area contributed by atoms with E-state index in [0.717, 1.165) is 10.9 Å². The molecule has 4 aromatic rings. The van der Waals surface area contributed by atoms with Crippen molar-refractivity contribution in [3.63, 3.8) is 0 Å². The number of amides is 2. The van der Waals surface area contributed by atoms with Crippen LogP contribution in [0, 0.1) is 14.1 Å². The number of hydrogen-bond donors (Lipinski definition) is 1. The van der Waals surface area contributed by atoms with Crippen LogP contribution in [0.1, 0.15) is 20.7 Å². The summed E-state index contributed by atoms with van der Waals surface area (Å²) in [5.74, 6) is -0.737. The summed E-state index contributed by atoms with van der Waals surface area (Å²) < 4.78 is 7.50. The molecule has 1 aliphatic rings. The molecule has 7 heteroatoms. The van der Waals surface area contributed by atoms with Gasteiger partial charge in [0.25, 0.3) is 11.8 Å². The topological polar surface area (TPSA) is 93.1 Å².